The predicted octanol–water partition coefficient (Wildman–Crippen LogP) is 0.237. The maximum atomic E-state index is 11.6. The molecule has 0 unspecified atom stereocenters. The number of likely N-dealkylation sites (N-methyl/N-ethyl adjacent to an activating group) is 2. The Labute approximate surface area is 115 Å². The Balaban J connectivity index is 2.00. The molecule has 1 aliphatic rings. The van der Waals surface area contributed by atoms with Crippen LogP contribution in [0.25, 0.3) is 0 Å². The molecule has 0 saturated carbocycles. The van der Waals surface area contributed by atoms with E-state index in [1.54, 1.807) is 16.8 Å². The number of hydrogen-bond donors (Lipinski definition) is 1. The lowest BCUT2D eigenvalue weighted by atomic mass is 10.4. The van der Waals surface area contributed by atoms with E-state index in [0.29, 0.717) is 29.8 Å². The number of rotatable bonds is 5. The van der Waals surface area contributed by atoms with Crippen LogP contribution in [0.5, 0.6) is 0 Å². The largest absolute Gasteiger partial charge is 0.355 e. The third kappa shape index (κ3) is 3.19. The number of aromatic nitrogens is 2. The molecule has 8 heteroatoms. The van der Waals surface area contributed by atoms with Gasteiger partial charge in [0.05, 0.1) is 6.54 Å². The van der Waals surface area contributed by atoms with Crippen LogP contribution < -0.4 is 15.1 Å². The Morgan fingerprint density at radius 2 is 2.32 bits per heavy atom. The molecule has 0 radical (unpaired) electrons. The van der Waals surface area contributed by atoms with Crippen molar-refractivity contribution in [3.63, 3.8) is 0 Å². The van der Waals surface area contributed by atoms with Crippen LogP contribution in [0.3, 0.4) is 0 Å². The van der Waals surface area contributed by atoms with Gasteiger partial charge in [-0.1, -0.05) is 11.3 Å². The summed E-state index contributed by atoms with van der Waals surface area (Å²) < 4.78 is 0. The monoisotopic (exact) mass is 283 g/mol. The molecule has 104 valence electrons. The second kappa shape index (κ2) is 5.96. The molecule has 0 aromatic carbocycles. The van der Waals surface area contributed by atoms with E-state index in [1.165, 1.54) is 11.3 Å². The molecule has 1 fully saturated rings. The predicted molar refractivity (Wildman–Crippen MR) is 73.4 cm³/mol. The molecule has 7 nitrogen and oxygen atoms in total. The minimum absolute atomic E-state index is 0.0565. The molecular weight excluding hydrogens is 266 g/mol. The molecule has 0 atom stereocenters. The van der Waals surface area contributed by atoms with Crippen molar-refractivity contribution in [2.24, 2.45) is 0 Å². The van der Waals surface area contributed by atoms with Crippen molar-refractivity contribution in [3.8, 4) is 0 Å². The second-order valence-corrected chi connectivity index (χ2v) is 5.26. The minimum atomic E-state index is -0.0565. The SMILES string of the molecule is CCNC(=O)CN(C)c1nnc(N2CCCC2=O)s1. The highest BCUT2D eigenvalue weighted by atomic mass is 32.1. The molecule has 2 heterocycles. The first-order valence-electron chi connectivity index (χ1n) is 6.23. The van der Waals surface area contributed by atoms with Crippen molar-refractivity contribution in [1.82, 2.24) is 15.5 Å². The van der Waals surface area contributed by atoms with E-state index in [0.717, 1.165) is 6.42 Å². The van der Waals surface area contributed by atoms with Crippen molar-refractivity contribution in [3.05, 3.63) is 0 Å². The zero-order valence-electron chi connectivity index (χ0n) is 11.0. The molecule has 2 rings (SSSR count). The van der Waals surface area contributed by atoms with Crippen molar-refractivity contribution in [2.45, 2.75) is 19.8 Å². The minimum Gasteiger partial charge on any atom is -0.355 e. The number of carbonyl (C=O) groups excluding carboxylic acids is 2. The number of nitrogens with zero attached hydrogens (tertiary/aromatic N) is 4. The number of carbonyl (C=O) groups is 2. The Hall–Kier alpha value is -1.70. The second-order valence-electron chi connectivity index (χ2n) is 4.33. The third-order valence-electron chi connectivity index (χ3n) is 2.79. The van der Waals surface area contributed by atoms with Gasteiger partial charge in [0, 0.05) is 26.6 Å². The average Bonchev–Trinajstić information content (AvgIpc) is 2.97. The van der Waals surface area contributed by atoms with Crippen LogP contribution >= 0.6 is 11.3 Å². The number of nitrogens with one attached hydrogen (secondary N) is 1. The molecule has 1 aromatic heterocycles. The van der Waals surface area contributed by atoms with Crippen molar-refractivity contribution >= 4 is 33.4 Å². The van der Waals surface area contributed by atoms with Gasteiger partial charge >= 0.3 is 0 Å². The van der Waals surface area contributed by atoms with E-state index in [1.807, 2.05) is 6.92 Å². The van der Waals surface area contributed by atoms with Crippen LogP contribution in [0.4, 0.5) is 10.3 Å². The van der Waals surface area contributed by atoms with E-state index in [9.17, 15) is 9.59 Å². The molecular formula is C11H17N5O2S. The molecule has 1 aliphatic heterocycles. The average molecular weight is 283 g/mol. The first-order valence-corrected chi connectivity index (χ1v) is 7.05. The van der Waals surface area contributed by atoms with Gasteiger partial charge in [0.25, 0.3) is 0 Å². The molecule has 1 aromatic rings. The molecule has 0 bridgehead atoms. The Bertz CT molecular complexity index is 475. The van der Waals surface area contributed by atoms with Gasteiger partial charge in [-0.25, -0.2) is 0 Å². The first kappa shape index (κ1) is 13.7. The maximum absolute atomic E-state index is 11.6. The first-order chi connectivity index (χ1) is 9.11. The number of anilines is 2. The summed E-state index contributed by atoms with van der Waals surface area (Å²) >= 11 is 1.33. The van der Waals surface area contributed by atoms with Gasteiger partial charge in [-0.15, -0.1) is 10.2 Å². The topological polar surface area (TPSA) is 78.4 Å². The zero-order chi connectivity index (χ0) is 13.8. The lowest BCUT2D eigenvalue weighted by Gasteiger charge is -2.14. The molecule has 19 heavy (non-hydrogen) atoms. The van der Waals surface area contributed by atoms with E-state index in [4.69, 9.17) is 0 Å². The summed E-state index contributed by atoms with van der Waals surface area (Å²) in [6.45, 7) is 3.42. The van der Waals surface area contributed by atoms with Crippen LogP contribution in [0.15, 0.2) is 0 Å². The summed E-state index contributed by atoms with van der Waals surface area (Å²) in [6.07, 6.45) is 1.44. The Morgan fingerprint density at radius 1 is 1.53 bits per heavy atom. The summed E-state index contributed by atoms with van der Waals surface area (Å²) in [5.74, 6) is 0.0353. The van der Waals surface area contributed by atoms with Crippen LogP contribution in [-0.2, 0) is 9.59 Å². The fourth-order valence-corrected chi connectivity index (χ4v) is 2.71. The number of amides is 2. The standard InChI is InChI=1S/C11H17N5O2S/c1-3-12-8(17)7-15(2)10-13-14-11(19-10)16-6-4-5-9(16)18/h3-7H2,1-2H3,(H,12,17). The Kier molecular flexibility index (Phi) is 4.31. The summed E-state index contributed by atoms with van der Waals surface area (Å²) in [7, 11) is 1.78. The highest BCUT2D eigenvalue weighted by molar-refractivity contribution is 7.19. The van der Waals surface area contributed by atoms with Crippen LogP contribution in [-0.4, -0.2) is 48.7 Å². The Morgan fingerprint density at radius 3 is 2.95 bits per heavy atom. The summed E-state index contributed by atoms with van der Waals surface area (Å²) in [6, 6.07) is 0. The number of hydrogen-bond acceptors (Lipinski definition) is 6. The van der Waals surface area contributed by atoms with Gasteiger partial charge in [0.15, 0.2) is 0 Å². The van der Waals surface area contributed by atoms with Crippen LogP contribution in [0.2, 0.25) is 0 Å². The maximum Gasteiger partial charge on any atom is 0.239 e. The van der Waals surface area contributed by atoms with E-state index in [2.05, 4.69) is 15.5 Å². The molecule has 0 spiro atoms. The van der Waals surface area contributed by atoms with Gasteiger partial charge < -0.3 is 10.2 Å². The van der Waals surface area contributed by atoms with Gasteiger partial charge in [0.2, 0.25) is 22.1 Å². The normalized spacial score (nSPS) is 14.8. The van der Waals surface area contributed by atoms with Crippen molar-refractivity contribution in [2.75, 3.05) is 36.5 Å². The highest BCUT2D eigenvalue weighted by Gasteiger charge is 2.25. The van der Waals surface area contributed by atoms with E-state index >= 15 is 0 Å². The van der Waals surface area contributed by atoms with E-state index < -0.39 is 0 Å². The highest BCUT2D eigenvalue weighted by Crippen LogP contribution is 2.29. The zero-order valence-corrected chi connectivity index (χ0v) is 11.9. The fraction of sp³-hybridized carbons (Fsp3) is 0.636. The van der Waals surface area contributed by atoms with E-state index in [-0.39, 0.29) is 18.4 Å². The van der Waals surface area contributed by atoms with Gasteiger partial charge in [-0.2, -0.15) is 0 Å². The molecule has 1 saturated heterocycles. The lowest BCUT2D eigenvalue weighted by molar-refractivity contribution is -0.119. The smallest absolute Gasteiger partial charge is 0.239 e. The lowest BCUT2D eigenvalue weighted by Crippen LogP contribution is -2.34. The van der Waals surface area contributed by atoms with Gasteiger partial charge in [-0.3, -0.25) is 14.5 Å². The summed E-state index contributed by atoms with van der Waals surface area (Å²) in [4.78, 5) is 26.5. The molecule has 0 aliphatic carbocycles. The molecule has 1 N–H and O–H groups in total. The summed E-state index contributed by atoms with van der Waals surface area (Å²) in [5.41, 5.74) is 0. The third-order valence-corrected chi connectivity index (χ3v) is 3.85. The van der Waals surface area contributed by atoms with Gasteiger partial charge in [0.1, 0.15) is 0 Å². The fourth-order valence-electron chi connectivity index (χ4n) is 1.86. The quantitative estimate of drug-likeness (QED) is 0.837. The van der Waals surface area contributed by atoms with Crippen LogP contribution in [0, 0.1) is 0 Å². The van der Waals surface area contributed by atoms with Crippen molar-refractivity contribution in [1.29, 1.82) is 0 Å². The van der Waals surface area contributed by atoms with Crippen LogP contribution in [0.1, 0.15) is 19.8 Å². The van der Waals surface area contributed by atoms with Gasteiger partial charge in [-0.05, 0) is 13.3 Å². The molecule has 2 amide bonds. The van der Waals surface area contributed by atoms with Crippen molar-refractivity contribution < 1.29 is 9.59 Å². The summed E-state index contributed by atoms with van der Waals surface area (Å²) in [5, 5.41) is 12.0.